The van der Waals surface area contributed by atoms with Gasteiger partial charge in [-0.25, -0.2) is 9.97 Å². The number of H-pyrrole nitrogens is 1. The highest BCUT2D eigenvalue weighted by atomic mass is 79.9. The number of rotatable bonds is 2. The van der Waals surface area contributed by atoms with Gasteiger partial charge in [0.05, 0.1) is 19.0 Å². The summed E-state index contributed by atoms with van der Waals surface area (Å²) < 4.78 is 7.51. The standard InChI is InChI=1S/C10H11BrN4O4/c11-10-14-7-8(12-3-13-9(7)18)15(10)6-1-4(17)5(2-16)19-6/h3-6,16-17H,1-2H2,(H,12,13,18)/t4?,5-,6-/m1/s1. The summed E-state index contributed by atoms with van der Waals surface area (Å²) in [5, 5.41) is 18.8. The van der Waals surface area contributed by atoms with E-state index in [2.05, 4.69) is 30.9 Å². The highest BCUT2D eigenvalue weighted by molar-refractivity contribution is 9.10. The summed E-state index contributed by atoms with van der Waals surface area (Å²) in [6, 6.07) is 0. The Morgan fingerprint density at radius 1 is 1.63 bits per heavy atom. The quantitative estimate of drug-likeness (QED) is 0.641. The number of nitrogens with one attached hydrogen (secondary N) is 1. The maximum absolute atomic E-state index is 11.6. The van der Waals surface area contributed by atoms with Gasteiger partial charge in [-0.3, -0.25) is 9.36 Å². The van der Waals surface area contributed by atoms with Crippen LogP contribution in [0, 0.1) is 0 Å². The van der Waals surface area contributed by atoms with Crippen molar-refractivity contribution in [2.45, 2.75) is 24.9 Å². The van der Waals surface area contributed by atoms with Crippen LogP contribution < -0.4 is 5.56 Å². The van der Waals surface area contributed by atoms with Crippen LogP contribution in [-0.2, 0) is 4.74 Å². The Hall–Kier alpha value is -1.29. The second-order valence-corrected chi connectivity index (χ2v) is 4.98. The van der Waals surface area contributed by atoms with Crippen LogP contribution in [-0.4, -0.2) is 48.5 Å². The molecule has 1 fully saturated rings. The second kappa shape index (κ2) is 4.67. The zero-order valence-electron chi connectivity index (χ0n) is 9.65. The highest BCUT2D eigenvalue weighted by Gasteiger charge is 2.36. The summed E-state index contributed by atoms with van der Waals surface area (Å²) in [5.41, 5.74) is 0.216. The van der Waals surface area contributed by atoms with Crippen molar-refractivity contribution in [2.75, 3.05) is 6.61 Å². The summed E-state index contributed by atoms with van der Waals surface area (Å²) in [6.45, 7) is -0.268. The molecule has 1 aliphatic rings. The summed E-state index contributed by atoms with van der Waals surface area (Å²) in [5.74, 6) is 0. The average Bonchev–Trinajstić information content (AvgIpc) is 2.90. The number of fused-ring (bicyclic) bond motifs is 1. The van der Waals surface area contributed by atoms with E-state index in [1.807, 2.05) is 0 Å². The van der Waals surface area contributed by atoms with Gasteiger partial charge in [0.1, 0.15) is 12.3 Å². The van der Waals surface area contributed by atoms with E-state index in [1.54, 1.807) is 4.57 Å². The minimum Gasteiger partial charge on any atom is -0.394 e. The molecular weight excluding hydrogens is 320 g/mol. The number of imidazole rings is 1. The van der Waals surface area contributed by atoms with Crippen LogP contribution in [0.25, 0.3) is 11.2 Å². The second-order valence-electron chi connectivity index (χ2n) is 4.27. The van der Waals surface area contributed by atoms with E-state index in [1.165, 1.54) is 6.33 Å². The lowest BCUT2D eigenvalue weighted by Crippen LogP contribution is -2.24. The molecule has 8 nitrogen and oxygen atoms in total. The number of hydrogen-bond donors (Lipinski definition) is 3. The van der Waals surface area contributed by atoms with Gasteiger partial charge in [-0.15, -0.1) is 0 Å². The highest BCUT2D eigenvalue weighted by Crippen LogP contribution is 2.32. The van der Waals surface area contributed by atoms with E-state index in [4.69, 9.17) is 9.84 Å². The van der Waals surface area contributed by atoms with Crippen molar-refractivity contribution in [2.24, 2.45) is 0 Å². The van der Waals surface area contributed by atoms with Crippen LogP contribution in [0.5, 0.6) is 0 Å². The lowest BCUT2D eigenvalue weighted by molar-refractivity contribution is -0.0439. The van der Waals surface area contributed by atoms with Crippen molar-refractivity contribution in [3.05, 3.63) is 21.4 Å². The van der Waals surface area contributed by atoms with E-state index in [-0.39, 0.29) is 17.7 Å². The maximum atomic E-state index is 11.6. The molecule has 1 aliphatic heterocycles. The first-order chi connectivity index (χ1) is 9.11. The predicted octanol–water partition coefficient (Wildman–Crippen LogP) is -0.477. The molecule has 0 saturated carbocycles. The molecule has 1 saturated heterocycles. The Bertz CT molecular complexity index is 669. The molecule has 3 heterocycles. The molecule has 3 atom stereocenters. The number of aromatic amines is 1. The summed E-state index contributed by atoms with van der Waals surface area (Å²) >= 11 is 3.25. The van der Waals surface area contributed by atoms with Crippen LogP contribution in [0.3, 0.4) is 0 Å². The van der Waals surface area contributed by atoms with Crippen LogP contribution >= 0.6 is 15.9 Å². The van der Waals surface area contributed by atoms with Crippen LogP contribution in [0.1, 0.15) is 12.6 Å². The van der Waals surface area contributed by atoms with Crippen molar-refractivity contribution in [3.63, 3.8) is 0 Å². The third kappa shape index (κ3) is 1.98. The van der Waals surface area contributed by atoms with Crippen LogP contribution in [0.4, 0.5) is 0 Å². The van der Waals surface area contributed by atoms with Gasteiger partial charge in [-0.2, -0.15) is 0 Å². The molecule has 0 aromatic carbocycles. The monoisotopic (exact) mass is 330 g/mol. The number of aromatic nitrogens is 4. The van der Waals surface area contributed by atoms with Crippen molar-refractivity contribution >= 4 is 27.1 Å². The molecule has 9 heteroatoms. The normalized spacial score (nSPS) is 27.2. The number of halogens is 1. The first-order valence-electron chi connectivity index (χ1n) is 5.67. The van der Waals surface area contributed by atoms with Crippen molar-refractivity contribution in [1.82, 2.24) is 19.5 Å². The van der Waals surface area contributed by atoms with Crippen molar-refractivity contribution in [3.8, 4) is 0 Å². The molecule has 2 aromatic heterocycles. The molecule has 3 N–H and O–H groups in total. The third-order valence-electron chi connectivity index (χ3n) is 3.11. The number of nitrogens with zero attached hydrogens (tertiary/aromatic N) is 3. The van der Waals surface area contributed by atoms with E-state index in [9.17, 15) is 9.90 Å². The largest absolute Gasteiger partial charge is 0.394 e. The summed E-state index contributed by atoms with van der Waals surface area (Å²) in [4.78, 5) is 22.2. The molecular formula is C10H11BrN4O4. The molecule has 1 unspecified atom stereocenters. The van der Waals surface area contributed by atoms with Gasteiger partial charge in [0.2, 0.25) is 0 Å². The number of aliphatic hydroxyl groups is 2. The molecule has 102 valence electrons. The fraction of sp³-hybridized carbons (Fsp3) is 0.500. The molecule has 0 aliphatic carbocycles. The van der Waals surface area contributed by atoms with E-state index in [0.717, 1.165) is 0 Å². The van der Waals surface area contributed by atoms with E-state index in [0.29, 0.717) is 16.8 Å². The van der Waals surface area contributed by atoms with Gasteiger partial charge in [-0.1, -0.05) is 0 Å². The van der Waals surface area contributed by atoms with E-state index >= 15 is 0 Å². The van der Waals surface area contributed by atoms with Gasteiger partial charge in [0.25, 0.3) is 5.56 Å². The van der Waals surface area contributed by atoms with Crippen molar-refractivity contribution < 1.29 is 14.9 Å². The first-order valence-corrected chi connectivity index (χ1v) is 6.46. The van der Waals surface area contributed by atoms with Crippen LogP contribution in [0.2, 0.25) is 0 Å². The first kappa shape index (κ1) is 12.7. The summed E-state index contributed by atoms with van der Waals surface area (Å²) in [7, 11) is 0. The predicted molar refractivity (Wildman–Crippen MR) is 67.5 cm³/mol. The minimum atomic E-state index is -0.763. The fourth-order valence-corrected chi connectivity index (χ4v) is 2.76. The van der Waals surface area contributed by atoms with Gasteiger partial charge in [0.15, 0.2) is 15.9 Å². The van der Waals surface area contributed by atoms with Gasteiger partial charge >= 0.3 is 0 Å². The molecule has 3 rings (SSSR count). The SMILES string of the molecule is O=c1[nH]cnc2c1nc(Br)n2[C@H]1CC(O)[C@@H](CO)O1. The van der Waals surface area contributed by atoms with Crippen LogP contribution in [0.15, 0.2) is 15.9 Å². The lowest BCUT2D eigenvalue weighted by atomic mass is 10.2. The Labute approximate surface area is 115 Å². The van der Waals surface area contributed by atoms with Gasteiger partial charge < -0.3 is 19.9 Å². The fourth-order valence-electron chi connectivity index (χ4n) is 2.19. The Morgan fingerprint density at radius 2 is 2.42 bits per heavy atom. The topological polar surface area (TPSA) is 113 Å². The molecule has 0 amide bonds. The molecule has 0 radical (unpaired) electrons. The average molecular weight is 331 g/mol. The number of hydrogen-bond acceptors (Lipinski definition) is 6. The molecule has 19 heavy (non-hydrogen) atoms. The molecule has 0 spiro atoms. The minimum absolute atomic E-state index is 0.194. The molecule has 0 bridgehead atoms. The zero-order valence-corrected chi connectivity index (χ0v) is 11.2. The Kier molecular flexibility index (Phi) is 3.13. The van der Waals surface area contributed by atoms with Gasteiger partial charge in [0, 0.05) is 6.42 Å². The smallest absolute Gasteiger partial charge is 0.278 e. The van der Waals surface area contributed by atoms with Crippen molar-refractivity contribution in [1.29, 1.82) is 0 Å². The molecule has 2 aromatic rings. The van der Waals surface area contributed by atoms with E-state index < -0.39 is 18.4 Å². The maximum Gasteiger partial charge on any atom is 0.278 e. The number of aliphatic hydroxyl groups excluding tert-OH is 2. The number of ether oxygens (including phenoxy) is 1. The zero-order chi connectivity index (χ0) is 13.6. The lowest BCUT2D eigenvalue weighted by Gasteiger charge is -2.14. The van der Waals surface area contributed by atoms with Gasteiger partial charge in [-0.05, 0) is 15.9 Å². The Morgan fingerprint density at radius 3 is 3.11 bits per heavy atom. The summed E-state index contributed by atoms with van der Waals surface area (Å²) in [6.07, 6.45) is -0.355. The third-order valence-corrected chi connectivity index (χ3v) is 3.67. The Balaban J connectivity index is 2.09.